The minimum atomic E-state index is -0.520. The molecule has 2 rings (SSSR count). The summed E-state index contributed by atoms with van der Waals surface area (Å²) in [6.07, 6.45) is 2.43. The maximum absolute atomic E-state index is 12.0. The van der Waals surface area contributed by atoms with Gasteiger partial charge in [0.25, 0.3) is 0 Å². The third-order valence-electron chi connectivity index (χ3n) is 2.69. The zero-order valence-corrected chi connectivity index (χ0v) is 12.4. The van der Waals surface area contributed by atoms with Gasteiger partial charge in [0.1, 0.15) is 11.3 Å². The molecule has 0 bridgehead atoms. The van der Waals surface area contributed by atoms with E-state index in [4.69, 9.17) is 4.74 Å². The van der Waals surface area contributed by atoms with Gasteiger partial charge in [-0.25, -0.2) is 4.79 Å². The fourth-order valence-corrected chi connectivity index (χ4v) is 1.85. The minimum Gasteiger partial charge on any atom is -0.456 e. The van der Waals surface area contributed by atoms with E-state index >= 15 is 0 Å². The van der Waals surface area contributed by atoms with E-state index in [2.05, 4.69) is 5.10 Å². The van der Waals surface area contributed by atoms with Crippen LogP contribution in [0.2, 0.25) is 0 Å². The second-order valence-corrected chi connectivity index (χ2v) is 5.76. The van der Waals surface area contributed by atoms with E-state index in [9.17, 15) is 9.59 Å². The van der Waals surface area contributed by atoms with Gasteiger partial charge in [-0.3, -0.25) is 9.48 Å². The Labute approximate surface area is 123 Å². The first-order valence-corrected chi connectivity index (χ1v) is 6.68. The molecule has 1 aromatic heterocycles. The molecule has 0 atom stereocenters. The normalized spacial score (nSPS) is 11.2. The van der Waals surface area contributed by atoms with Crippen molar-refractivity contribution in [3.05, 3.63) is 53.3 Å². The van der Waals surface area contributed by atoms with Gasteiger partial charge in [-0.2, -0.15) is 5.10 Å². The van der Waals surface area contributed by atoms with Crippen LogP contribution in [0.1, 0.15) is 47.2 Å². The summed E-state index contributed by atoms with van der Waals surface area (Å²) in [6, 6.07) is 8.84. The van der Waals surface area contributed by atoms with Crippen molar-refractivity contribution in [2.24, 2.45) is 0 Å². The maximum atomic E-state index is 12.0. The molecule has 0 unspecified atom stereocenters. The number of nitrogens with zero attached hydrogens (tertiary/aromatic N) is 2. The lowest BCUT2D eigenvalue weighted by Gasteiger charge is -2.19. The molecule has 0 N–H and O–H groups in total. The molecule has 0 aliphatic rings. The minimum absolute atomic E-state index is 0.349. The fraction of sp³-hybridized carbons (Fsp3) is 0.312. The number of benzene rings is 1. The van der Waals surface area contributed by atoms with Crippen molar-refractivity contribution in [1.29, 1.82) is 0 Å². The summed E-state index contributed by atoms with van der Waals surface area (Å²) < 4.78 is 6.99. The van der Waals surface area contributed by atoms with Gasteiger partial charge >= 0.3 is 5.97 Å². The second kappa shape index (κ2) is 5.91. The summed E-state index contributed by atoms with van der Waals surface area (Å²) in [6.45, 7) is 5.99. The predicted molar refractivity (Wildman–Crippen MR) is 78.3 cm³/mol. The van der Waals surface area contributed by atoms with Gasteiger partial charge in [0.05, 0.1) is 12.1 Å². The third kappa shape index (κ3) is 4.27. The van der Waals surface area contributed by atoms with Gasteiger partial charge in [-0.1, -0.05) is 12.1 Å². The molecule has 5 nitrogen and oxygen atoms in total. The highest BCUT2D eigenvalue weighted by atomic mass is 16.6. The van der Waals surface area contributed by atoms with E-state index in [1.165, 1.54) is 0 Å². The molecule has 110 valence electrons. The van der Waals surface area contributed by atoms with Gasteiger partial charge in [-0.15, -0.1) is 0 Å². The van der Waals surface area contributed by atoms with Crippen LogP contribution in [-0.4, -0.2) is 27.6 Å². The first-order chi connectivity index (χ1) is 9.87. The van der Waals surface area contributed by atoms with E-state index < -0.39 is 5.60 Å². The lowest BCUT2D eigenvalue weighted by atomic mass is 10.1. The molecule has 2 aromatic rings. The molecule has 0 fully saturated rings. The Morgan fingerprint density at radius 3 is 2.71 bits per heavy atom. The highest BCUT2D eigenvalue weighted by Gasteiger charge is 2.17. The summed E-state index contributed by atoms with van der Waals surface area (Å²) in [5, 5.41) is 4.09. The molecule has 0 radical (unpaired) electrons. The van der Waals surface area contributed by atoms with E-state index in [-0.39, 0.29) is 5.97 Å². The van der Waals surface area contributed by atoms with Crippen molar-refractivity contribution in [3.8, 4) is 0 Å². The summed E-state index contributed by atoms with van der Waals surface area (Å²) in [5.74, 6) is -0.349. The predicted octanol–water partition coefficient (Wildman–Crippen LogP) is 2.70. The van der Waals surface area contributed by atoms with E-state index in [1.807, 2.05) is 26.8 Å². The van der Waals surface area contributed by atoms with Gasteiger partial charge in [0, 0.05) is 6.20 Å². The van der Waals surface area contributed by atoms with Crippen LogP contribution >= 0.6 is 0 Å². The van der Waals surface area contributed by atoms with E-state index in [0.29, 0.717) is 24.1 Å². The van der Waals surface area contributed by atoms with Crippen molar-refractivity contribution in [2.45, 2.75) is 32.9 Å². The van der Waals surface area contributed by atoms with Crippen LogP contribution in [0.5, 0.6) is 0 Å². The molecule has 1 heterocycles. The monoisotopic (exact) mass is 286 g/mol. The van der Waals surface area contributed by atoms with Crippen molar-refractivity contribution in [3.63, 3.8) is 0 Å². The Morgan fingerprint density at radius 2 is 2.10 bits per heavy atom. The standard InChI is InChI=1S/C16H18N2O3/c1-16(2,3)21-15(20)13-6-4-5-12(9-13)10-18-8-7-14(11-19)17-18/h4-9,11H,10H2,1-3H3. The van der Waals surface area contributed by atoms with Crippen molar-refractivity contribution >= 4 is 12.3 Å². The molecule has 0 aliphatic heterocycles. The highest BCUT2D eigenvalue weighted by Crippen LogP contribution is 2.14. The van der Waals surface area contributed by atoms with E-state index in [1.54, 1.807) is 35.1 Å². The van der Waals surface area contributed by atoms with Crippen LogP contribution in [0, 0.1) is 0 Å². The number of aromatic nitrogens is 2. The second-order valence-electron chi connectivity index (χ2n) is 5.76. The fourth-order valence-electron chi connectivity index (χ4n) is 1.85. The number of hydrogen-bond acceptors (Lipinski definition) is 4. The number of aldehydes is 1. The average molecular weight is 286 g/mol. The van der Waals surface area contributed by atoms with Crippen LogP contribution in [0.4, 0.5) is 0 Å². The molecule has 21 heavy (non-hydrogen) atoms. The average Bonchev–Trinajstić information content (AvgIpc) is 2.85. The summed E-state index contributed by atoms with van der Waals surface area (Å²) >= 11 is 0. The van der Waals surface area contributed by atoms with Crippen LogP contribution in [0.3, 0.4) is 0 Å². The Kier molecular flexibility index (Phi) is 4.21. The molecule has 0 spiro atoms. The zero-order valence-electron chi connectivity index (χ0n) is 12.4. The van der Waals surface area contributed by atoms with Crippen LogP contribution in [0.15, 0.2) is 36.5 Å². The summed E-state index contributed by atoms with van der Waals surface area (Å²) in [7, 11) is 0. The number of rotatable bonds is 4. The molecule has 0 saturated carbocycles. The number of carbonyl (C=O) groups excluding carboxylic acids is 2. The maximum Gasteiger partial charge on any atom is 0.338 e. The van der Waals surface area contributed by atoms with Crippen molar-refractivity contribution in [1.82, 2.24) is 9.78 Å². The number of carbonyl (C=O) groups is 2. The highest BCUT2D eigenvalue weighted by molar-refractivity contribution is 5.89. The van der Waals surface area contributed by atoms with Crippen molar-refractivity contribution < 1.29 is 14.3 Å². The SMILES string of the molecule is CC(C)(C)OC(=O)c1cccc(Cn2ccc(C=O)n2)c1. The first-order valence-electron chi connectivity index (χ1n) is 6.68. The lowest BCUT2D eigenvalue weighted by molar-refractivity contribution is 0.00693. The molecular weight excluding hydrogens is 268 g/mol. The van der Waals surface area contributed by atoms with Gasteiger partial charge in [0.15, 0.2) is 6.29 Å². The summed E-state index contributed by atoms with van der Waals surface area (Å²) in [5.41, 5.74) is 1.29. The molecule has 0 saturated heterocycles. The summed E-state index contributed by atoms with van der Waals surface area (Å²) in [4.78, 5) is 22.6. The molecule has 1 aromatic carbocycles. The van der Waals surface area contributed by atoms with Gasteiger partial charge in [-0.05, 0) is 44.5 Å². The van der Waals surface area contributed by atoms with Gasteiger partial charge in [0.2, 0.25) is 0 Å². The molecule has 0 aliphatic carbocycles. The Bertz CT molecular complexity index is 654. The van der Waals surface area contributed by atoms with Crippen LogP contribution < -0.4 is 0 Å². The number of ether oxygens (including phenoxy) is 1. The van der Waals surface area contributed by atoms with E-state index in [0.717, 1.165) is 5.56 Å². The zero-order chi connectivity index (χ0) is 15.5. The lowest BCUT2D eigenvalue weighted by Crippen LogP contribution is -2.24. The number of hydrogen-bond donors (Lipinski definition) is 0. The van der Waals surface area contributed by atoms with Crippen molar-refractivity contribution in [2.75, 3.05) is 0 Å². The van der Waals surface area contributed by atoms with Crippen LogP contribution in [0.25, 0.3) is 0 Å². The molecular formula is C16H18N2O3. The van der Waals surface area contributed by atoms with Gasteiger partial charge < -0.3 is 4.74 Å². The quantitative estimate of drug-likeness (QED) is 0.640. The molecule has 5 heteroatoms. The Balaban J connectivity index is 2.13. The first kappa shape index (κ1) is 15.0. The smallest absolute Gasteiger partial charge is 0.338 e. The topological polar surface area (TPSA) is 61.2 Å². The Hall–Kier alpha value is -2.43. The number of esters is 1. The Morgan fingerprint density at radius 1 is 1.33 bits per heavy atom. The largest absolute Gasteiger partial charge is 0.456 e. The third-order valence-corrected chi connectivity index (χ3v) is 2.69. The molecule has 0 amide bonds. The van der Waals surface area contributed by atoms with Crippen LogP contribution in [-0.2, 0) is 11.3 Å².